The molecule has 1 heterocycles. The molecule has 1 atom stereocenters. The molecular formula is C11H23N3OS. The molecule has 0 aromatic rings. The third-order valence-corrected chi connectivity index (χ3v) is 5.03. The largest absolute Gasteiger partial charge is 0.369 e. The first-order valence-corrected chi connectivity index (χ1v) is 7.02. The van der Waals surface area contributed by atoms with Gasteiger partial charge in [-0.25, -0.2) is 0 Å². The minimum atomic E-state index is -0.208. The molecule has 5 heteroatoms. The van der Waals surface area contributed by atoms with E-state index < -0.39 is 0 Å². The van der Waals surface area contributed by atoms with Crippen LogP contribution in [-0.2, 0) is 4.79 Å². The second-order valence-corrected chi connectivity index (χ2v) is 5.97. The van der Waals surface area contributed by atoms with Crippen LogP contribution in [0.3, 0.4) is 0 Å². The number of hydrogen-bond donors (Lipinski definition) is 2. The van der Waals surface area contributed by atoms with E-state index in [1.807, 2.05) is 18.7 Å². The zero-order valence-corrected chi connectivity index (χ0v) is 11.1. The van der Waals surface area contributed by atoms with E-state index in [2.05, 4.69) is 11.2 Å². The van der Waals surface area contributed by atoms with Crippen molar-refractivity contribution in [3.05, 3.63) is 0 Å². The maximum Gasteiger partial charge on any atom is 0.221 e. The van der Waals surface area contributed by atoms with Crippen LogP contribution >= 0.6 is 11.8 Å². The molecule has 16 heavy (non-hydrogen) atoms. The highest BCUT2D eigenvalue weighted by Gasteiger charge is 2.32. The summed E-state index contributed by atoms with van der Waals surface area (Å²) in [4.78, 5) is 13.3. The number of primary amides is 1. The zero-order valence-electron chi connectivity index (χ0n) is 10.2. The molecule has 1 rings (SSSR count). The fourth-order valence-electron chi connectivity index (χ4n) is 2.11. The maximum atomic E-state index is 11.0. The molecule has 1 saturated heterocycles. The lowest BCUT2D eigenvalue weighted by atomic mass is 9.95. The minimum absolute atomic E-state index is 0.0559. The fourth-order valence-corrected chi connectivity index (χ4v) is 2.87. The minimum Gasteiger partial charge on any atom is -0.369 e. The molecule has 94 valence electrons. The quantitative estimate of drug-likeness (QED) is 0.729. The van der Waals surface area contributed by atoms with Crippen LogP contribution in [0.2, 0.25) is 0 Å². The van der Waals surface area contributed by atoms with Gasteiger partial charge in [0.05, 0.1) is 0 Å². The summed E-state index contributed by atoms with van der Waals surface area (Å²) in [6.45, 7) is 5.46. The fraction of sp³-hybridized carbons (Fsp3) is 0.909. The molecule has 0 radical (unpaired) electrons. The number of carbonyl (C=O) groups excluding carboxylic acids is 1. The molecule has 4 nitrogen and oxygen atoms in total. The number of nitrogens with two attached hydrogens (primary N) is 2. The predicted molar refractivity (Wildman–Crippen MR) is 69.3 cm³/mol. The zero-order chi connectivity index (χ0) is 12.2. The van der Waals surface area contributed by atoms with Crippen molar-refractivity contribution in [2.45, 2.75) is 24.5 Å². The molecule has 0 aromatic carbocycles. The van der Waals surface area contributed by atoms with Gasteiger partial charge in [-0.2, -0.15) is 11.8 Å². The van der Waals surface area contributed by atoms with Gasteiger partial charge in [-0.05, 0) is 32.2 Å². The first kappa shape index (κ1) is 13.8. The lowest BCUT2D eigenvalue weighted by molar-refractivity contribution is -0.121. The van der Waals surface area contributed by atoms with Gasteiger partial charge in [0, 0.05) is 23.8 Å². The van der Waals surface area contributed by atoms with Crippen LogP contribution in [0.5, 0.6) is 0 Å². The number of likely N-dealkylation sites (tertiary alicyclic amines) is 1. The van der Waals surface area contributed by atoms with E-state index in [4.69, 9.17) is 11.5 Å². The average molecular weight is 245 g/mol. The van der Waals surface area contributed by atoms with Gasteiger partial charge in [-0.3, -0.25) is 4.79 Å². The van der Waals surface area contributed by atoms with Crippen molar-refractivity contribution in [3.63, 3.8) is 0 Å². The molecule has 0 bridgehead atoms. The number of carbonyl (C=O) groups is 1. The Kier molecular flexibility index (Phi) is 5.08. The van der Waals surface area contributed by atoms with E-state index in [-0.39, 0.29) is 16.6 Å². The second-order valence-electron chi connectivity index (χ2n) is 4.70. The summed E-state index contributed by atoms with van der Waals surface area (Å²) in [5.74, 6) is -0.264. The summed E-state index contributed by atoms with van der Waals surface area (Å²) in [5.41, 5.74) is 11.1. The molecule has 0 saturated carbocycles. The highest BCUT2D eigenvalue weighted by Crippen LogP contribution is 2.33. The summed E-state index contributed by atoms with van der Waals surface area (Å²) in [7, 11) is 0. The van der Waals surface area contributed by atoms with E-state index in [0.29, 0.717) is 0 Å². The van der Waals surface area contributed by atoms with Crippen molar-refractivity contribution in [2.75, 3.05) is 32.4 Å². The van der Waals surface area contributed by atoms with Crippen molar-refractivity contribution in [1.82, 2.24) is 4.90 Å². The summed E-state index contributed by atoms with van der Waals surface area (Å²) >= 11 is 1.88. The van der Waals surface area contributed by atoms with Crippen LogP contribution in [0.4, 0.5) is 0 Å². The van der Waals surface area contributed by atoms with Crippen LogP contribution < -0.4 is 11.5 Å². The second kappa shape index (κ2) is 5.89. The lowest BCUT2D eigenvalue weighted by Crippen LogP contribution is -2.48. The Bertz CT molecular complexity index is 233. The topological polar surface area (TPSA) is 72.3 Å². The summed E-state index contributed by atoms with van der Waals surface area (Å²) in [5, 5.41) is 0. The Morgan fingerprint density at radius 3 is 2.44 bits per heavy atom. The molecule has 0 aromatic heterocycles. The van der Waals surface area contributed by atoms with E-state index in [1.165, 1.54) is 0 Å². The van der Waals surface area contributed by atoms with Gasteiger partial charge in [-0.15, -0.1) is 0 Å². The summed E-state index contributed by atoms with van der Waals surface area (Å²) < 4.78 is 0.256. The SMILES string of the molecule is CSC1(CN)CCN(CC(C)C(N)=O)CC1. The molecular weight excluding hydrogens is 222 g/mol. The first-order chi connectivity index (χ1) is 7.53. The Balaban J connectivity index is 2.40. The van der Waals surface area contributed by atoms with Gasteiger partial charge >= 0.3 is 0 Å². The normalized spacial score (nSPS) is 22.9. The van der Waals surface area contributed by atoms with E-state index in [1.54, 1.807) is 0 Å². The van der Waals surface area contributed by atoms with Crippen LogP contribution in [-0.4, -0.2) is 48.0 Å². The highest BCUT2D eigenvalue weighted by atomic mass is 32.2. The number of piperidine rings is 1. The monoisotopic (exact) mass is 245 g/mol. The predicted octanol–water partition coefficient (Wildman–Crippen LogP) is 0.264. The Morgan fingerprint density at radius 2 is 2.06 bits per heavy atom. The van der Waals surface area contributed by atoms with Crippen molar-refractivity contribution in [3.8, 4) is 0 Å². The molecule has 1 aliphatic rings. The van der Waals surface area contributed by atoms with Gasteiger partial charge in [-0.1, -0.05) is 6.92 Å². The van der Waals surface area contributed by atoms with Crippen LogP contribution in [0, 0.1) is 5.92 Å². The van der Waals surface area contributed by atoms with Crippen molar-refractivity contribution >= 4 is 17.7 Å². The third-order valence-electron chi connectivity index (χ3n) is 3.59. The van der Waals surface area contributed by atoms with E-state index >= 15 is 0 Å². The smallest absolute Gasteiger partial charge is 0.221 e. The highest BCUT2D eigenvalue weighted by molar-refractivity contribution is 8.00. The van der Waals surface area contributed by atoms with Crippen molar-refractivity contribution < 1.29 is 4.79 Å². The maximum absolute atomic E-state index is 11.0. The van der Waals surface area contributed by atoms with Gasteiger partial charge in [0.15, 0.2) is 0 Å². The molecule has 1 fully saturated rings. The first-order valence-electron chi connectivity index (χ1n) is 5.80. The Morgan fingerprint density at radius 1 is 1.50 bits per heavy atom. The van der Waals surface area contributed by atoms with E-state index in [9.17, 15) is 4.79 Å². The molecule has 0 spiro atoms. The number of thioether (sulfide) groups is 1. The molecule has 4 N–H and O–H groups in total. The number of rotatable bonds is 5. The Hall–Kier alpha value is -0.260. The molecule has 1 unspecified atom stereocenters. The van der Waals surface area contributed by atoms with Crippen LogP contribution in [0.1, 0.15) is 19.8 Å². The molecule has 0 aliphatic carbocycles. The van der Waals surface area contributed by atoms with Crippen molar-refractivity contribution in [2.24, 2.45) is 17.4 Å². The third kappa shape index (κ3) is 3.37. The molecule has 1 amide bonds. The van der Waals surface area contributed by atoms with Crippen LogP contribution in [0.15, 0.2) is 0 Å². The van der Waals surface area contributed by atoms with E-state index in [0.717, 1.165) is 39.0 Å². The number of amides is 1. The standard InChI is InChI=1S/C11H23N3OS/c1-9(10(13)15)7-14-5-3-11(8-12,16-2)4-6-14/h9H,3-8,12H2,1-2H3,(H2,13,15). The average Bonchev–Trinajstić information content (AvgIpc) is 2.30. The van der Waals surface area contributed by atoms with Gasteiger partial charge in [0.1, 0.15) is 0 Å². The summed E-state index contributed by atoms with van der Waals surface area (Å²) in [6, 6.07) is 0. The molecule has 1 aliphatic heterocycles. The van der Waals surface area contributed by atoms with Gasteiger partial charge in [0.25, 0.3) is 0 Å². The summed E-state index contributed by atoms with van der Waals surface area (Å²) in [6.07, 6.45) is 4.35. The number of hydrogen-bond acceptors (Lipinski definition) is 4. The lowest BCUT2D eigenvalue weighted by Gasteiger charge is -2.40. The Labute approximate surface area is 102 Å². The number of nitrogens with zero attached hydrogens (tertiary/aromatic N) is 1. The van der Waals surface area contributed by atoms with Gasteiger partial charge < -0.3 is 16.4 Å². The van der Waals surface area contributed by atoms with Crippen LogP contribution in [0.25, 0.3) is 0 Å². The van der Waals surface area contributed by atoms with Gasteiger partial charge in [0.2, 0.25) is 5.91 Å². The van der Waals surface area contributed by atoms with Crippen molar-refractivity contribution in [1.29, 1.82) is 0 Å².